The van der Waals surface area contributed by atoms with Crippen LogP contribution in [0.1, 0.15) is 5.56 Å². The summed E-state index contributed by atoms with van der Waals surface area (Å²) >= 11 is 0. The van der Waals surface area contributed by atoms with Crippen molar-refractivity contribution in [3.05, 3.63) is 29.6 Å². The average Bonchev–Trinajstić information content (AvgIpc) is 2.91. The van der Waals surface area contributed by atoms with Crippen molar-refractivity contribution >= 4 is 10.0 Å². The third kappa shape index (κ3) is 2.95. The quantitative estimate of drug-likeness (QED) is 0.845. The van der Waals surface area contributed by atoms with Crippen LogP contribution in [0.4, 0.5) is 4.39 Å². The molecule has 21 heavy (non-hydrogen) atoms. The van der Waals surface area contributed by atoms with Gasteiger partial charge in [0, 0.05) is 39.4 Å². The molecule has 1 heterocycles. The molecule has 1 aromatic rings. The molecule has 2 rings (SSSR count). The fourth-order valence-electron chi connectivity index (χ4n) is 2.48. The maximum absolute atomic E-state index is 13.7. The van der Waals surface area contributed by atoms with E-state index in [-0.39, 0.29) is 42.3 Å². The number of rotatable bonds is 5. The first-order valence-electron chi connectivity index (χ1n) is 6.49. The maximum atomic E-state index is 13.7. The van der Waals surface area contributed by atoms with E-state index in [1.54, 1.807) is 0 Å². The van der Waals surface area contributed by atoms with Crippen molar-refractivity contribution in [2.75, 3.05) is 27.3 Å². The molecule has 118 valence electrons. The predicted molar refractivity (Wildman–Crippen MR) is 74.6 cm³/mol. The molecule has 1 fully saturated rings. The van der Waals surface area contributed by atoms with Gasteiger partial charge in [0.15, 0.2) is 0 Å². The Morgan fingerprint density at radius 2 is 1.86 bits per heavy atom. The zero-order chi connectivity index (χ0) is 15.6. The number of benzene rings is 1. The van der Waals surface area contributed by atoms with E-state index in [9.17, 15) is 12.8 Å². The van der Waals surface area contributed by atoms with Gasteiger partial charge in [-0.15, -0.1) is 0 Å². The Morgan fingerprint density at radius 1 is 1.29 bits per heavy atom. The van der Waals surface area contributed by atoms with Crippen molar-refractivity contribution in [2.24, 2.45) is 5.73 Å². The zero-order valence-corrected chi connectivity index (χ0v) is 12.8. The van der Waals surface area contributed by atoms with E-state index >= 15 is 0 Å². The maximum Gasteiger partial charge on any atom is 0.243 e. The summed E-state index contributed by atoms with van der Waals surface area (Å²) in [5.74, 6) is -0.621. The van der Waals surface area contributed by atoms with Gasteiger partial charge in [0.25, 0.3) is 0 Å². The van der Waals surface area contributed by atoms with E-state index in [1.807, 2.05) is 0 Å². The van der Waals surface area contributed by atoms with Crippen LogP contribution in [0.15, 0.2) is 23.1 Å². The normalized spacial score (nSPS) is 23.6. The second kappa shape index (κ2) is 6.37. The molecule has 8 heteroatoms. The van der Waals surface area contributed by atoms with Crippen molar-refractivity contribution in [1.82, 2.24) is 4.31 Å². The molecule has 0 amide bonds. The first kappa shape index (κ1) is 16.3. The third-order valence-electron chi connectivity index (χ3n) is 3.69. The van der Waals surface area contributed by atoms with Gasteiger partial charge in [-0.1, -0.05) is 6.07 Å². The first-order valence-corrected chi connectivity index (χ1v) is 7.93. The second-order valence-corrected chi connectivity index (χ2v) is 6.70. The largest absolute Gasteiger partial charge is 0.377 e. The molecule has 1 aliphatic rings. The molecule has 2 atom stereocenters. The summed E-state index contributed by atoms with van der Waals surface area (Å²) < 4.78 is 50.8. The molecule has 1 saturated heterocycles. The monoisotopic (exact) mass is 318 g/mol. The van der Waals surface area contributed by atoms with Crippen molar-refractivity contribution in [3.8, 4) is 0 Å². The first-order chi connectivity index (χ1) is 9.95. The smallest absolute Gasteiger partial charge is 0.243 e. The molecule has 0 aromatic heterocycles. The van der Waals surface area contributed by atoms with E-state index in [1.165, 1.54) is 36.7 Å². The highest BCUT2D eigenvalue weighted by Crippen LogP contribution is 2.27. The van der Waals surface area contributed by atoms with Gasteiger partial charge in [-0.25, -0.2) is 12.8 Å². The van der Waals surface area contributed by atoms with Crippen LogP contribution in [0.25, 0.3) is 0 Å². The number of nitrogens with two attached hydrogens (primary N) is 1. The number of nitrogens with zero attached hydrogens (tertiary/aromatic N) is 1. The van der Waals surface area contributed by atoms with Gasteiger partial charge in [0.1, 0.15) is 5.82 Å². The summed E-state index contributed by atoms with van der Waals surface area (Å²) in [4.78, 5) is -0.100. The second-order valence-electron chi connectivity index (χ2n) is 4.79. The van der Waals surface area contributed by atoms with E-state index < -0.39 is 15.8 Å². The van der Waals surface area contributed by atoms with E-state index in [0.717, 1.165) is 0 Å². The molecule has 0 spiro atoms. The fraction of sp³-hybridized carbons (Fsp3) is 0.538. The molecule has 0 radical (unpaired) electrons. The van der Waals surface area contributed by atoms with Crippen LogP contribution in [0, 0.1) is 5.82 Å². The molecular weight excluding hydrogens is 299 g/mol. The van der Waals surface area contributed by atoms with Gasteiger partial charge in [-0.2, -0.15) is 4.31 Å². The Hall–Kier alpha value is -1.06. The number of halogens is 1. The molecular formula is C13H19FN2O4S. The standard InChI is InChI=1S/C13H19FN2O4S/c1-19-11-7-16(8-12(11)20-2)21(17,18)13-5-3-4-10(14)9(13)6-15/h3-5,11-12H,6-8,15H2,1-2H3. The minimum atomic E-state index is -3.84. The Morgan fingerprint density at radius 3 is 2.33 bits per heavy atom. The van der Waals surface area contributed by atoms with Crippen LogP contribution >= 0.6 is 0 Å². The highest BCUT2D eigenvalue weighted by atomic mass is 32.2. The number of sulfonamides is 1. The molecule has 2 unspecified atom stereocenters. The molecule has 1 aromatic carbocycles. The van der Waals surface area contributed by atoms with Gasteiger partial charge >= 0.3 is 0 Å². The number of methoxy groups -OCH3 is 2. The Balaban J connectivity index is 2.38. The lowest BCUT2D eigenvalue weighted by molar-refractivity contribution is -0.00461. The fourth-order valence-corrected chi connectivity index (χ4v) is 4.18. The van der Waals surface area contributed by atoms with Gasteiger partial charge in [-0.05, 0) is 12.1 Å². The highest BCUT2D eigenvalue weighted by Gasteiger charge is 2.40. The molecule has 1 aliphatic heterocycles. The molecule has 0 aliphatic carbocycles. The van der Waals surface area contributed by atoms with Crippen molar-refractivity contribution in [3.63, 3.8) is 0 Å². The van der Waals surface area contributed by atoms with Crippen LogP contribution < -0.4 is 5.73 Å². The van der Waals surface area contributed by atoms with Gasteiger partial charge in [0.2, 0.25) is 10.0 Å². The van der Waals surface area contributed by atoms with E-state index in [4.69, 9.17) is 15.2 Å². The lowest BCUT2D eigenvalue weighted by Crippen LogP contribution is -2.31. The minimum absolute atomic E-state index is 0.00710. The Kier molecular flexibility index (Phi) is 4.95. The summed E-state index contributed by atoms with van der Waals surface area (Å²) in [6.45, 7) is 0.145. The van der Waals surface area contributed by atoms with E-state index in [0.29, 0.717) is 0 Å². The molecule has 0 bridgehead atoms. The summed E-state index contributed by atoms with van der Waals surface area (Å²) in [6, 6.07) is 3.92. The van der Waals surface area contributed by atoms with Crippen molar-refractivity contribution < 1.29 is 22.3 Å². The Bertz CT molecular complexity index is 596. The minimum Gasteiger partial charge on any atom is -0.377 e. The van der Waals surface area contributed by atoms with Crippen molar-refractivity contribution in [2.45, 2.75) is 23.6 Å². The van der Waals surface area contributed by atoms with Gasteiger partial charge in [-0.3, -0.25) is 0 Å². The Labute approximate surface area is 123 Å². The van der Waals surface area contributed by atoms with Crippen molar-refractivity contribution in [1.29, 1.82) is 0 Å². The van der Waals surface area contributed by atoms with Gasteiger partial charge < -0.3 is 15.2 Å². The predicted octanol–water partition coefficient (Wildman–Crippen LogP) is 0.319. The SMILES string of the molecule is COC1CN(S(=O)(=O)c2cccc(F)c2CN)CC1OC. The average molecular weight is 318 g/mol. The van der Waals surface area contributed by atoms with Crippen LogP contribution in [-0.4, -0.2) is 52.2 Å². The van der Waals surface area contributed by atoms with Crippen LogP contribution in [0.3, 0.4) is 0 Å². The van der Waals surface area contributed by atoms with E-state index in [2.05, 4.69) is 0 Å². The summed E-state index contributed by atoms with van der Waals surface area (Å²) in [5.41, 5.74) is 5.47. The van der Waals surface area contributed by atoms with Gasteiger partial charge in [0.05, 0.1) is 17.1 Å². The molecule has 6 nitrogen and oxygen atoms in total. The number of hydrogen-bond donors (Lipinski definition) is 1. The zero-order valence-electron chi connectivity index (χ0n) is 12.0. The summed E-state index contributed by atoms with van der Waals surface area (Å²) in [5, 5.41) is 0. The topological polar surface area (TPSA) is 81.9 Å². The third-order valence-corrected chi connectivity index (χ3v) is 5.60. The van der Waals surface area contributed by atoms with Crippen LogP contribution in [-0.2, 0) is 26.0 Å². The summed E-state index contributed by atoms with van der Waals surface area (Å²) in [7, 11) is -0.836. The number of ether oxygens (including phenoxy) is 2. The molecule has 2 N–H and O–H groups in total. The van der Waals surface area contributed by atoms with Crippen LogP contribution in [0.5, 0.6) is 0 Å². The summed E-state index contributed by atoms with van der Waals surface area (Å²) in [6.07, 6.45) is -0.695. The lowest BCUT2D eigenvalue weighted by atomic mass is 10.2. The highest BCUT2D eigenvalue weighted by molar-refractivity contribution is 7.89. The molecule has 0 saturated carbocycles. The van der Waals surface area contributed by atoms with Crippen LogP contribution in [0.2, 0.25) is 0 Å². The lowest BCUT2D eigenvalue weighted by Gasteiger charge is -2.18. The number of hydrogen-bond acceptors (Lipinski definition) is 5.